The molecule has 4 aliphatic heterocycles. The zero-order valence-corrected chi connectivity index (χ0v) is 42.0. The minimum Gasteiger partial charge on any atom is -0.455 e. The second-order valence-corrected chi connectivity index (χ2v) is 24.5. The molecule has 5 aliphatic carbocycles. The summed E-state index contributed by atoms with van der Waals surface area (Å²) in [5, 5.41) is 97.5. The molecule has 400 valence electrons. The number of aliphatic hydroxyl groups is 9. The molecule has 9 rings (SSSR count). The molecule has 0 radical (unpaired) electrons. The van der Waals surface area contributed by atoms with Gasteiger partial charge >= 0.3 is 11.9 Å². The smallest absolute Gasteiger partial charge is 0.303 e. The Morgan fingerprint density at radius 2 is 1.30 bits per heavy atom. The highest BCUT2D eigenvalue weighted by atomic mass is 16.7. The summed E-state index contributed by atoms with van der Waals surface area (Å²) in [6.45, 7) is 15.9. The third-order valence-electron chi connectivity index (χ3n) is 20.0. The van der Waals surface area contributed by atoms with Crippen molar-refractivity contribution in [1.29, 1.82) is 0 Å². The fourth-order valence-electron chi connectivity index (χ4n) is 16.7. The predicted molar refractivity (Wildman–Crippen MR) is 239 cm³/mol. The highest BCUT2D eigenvalue weighted by Crippen LogP contribution is 2.89. The standard InChI is InChI=1S/C50H80O20/c1-22(52)64-37-26(56)20-63-43(38(37)65-23(2)53)68-30-11-13-50-21-49(50)15-14-46(7)39(48(9)12-10-31(69-48)45(5,6)70-42-36(61)34(59)33(58)28(18-51)67-42)24(54)17-47(46,8)29(49)16-27(40(50)44(30,3)4)66-41-35(60)32(57)25(55)19-62-41/h24-43,51,54-61H,10-21H2,1-9H3/t24-,25+,26+,27-,28+,29-,30-,31-,32-,33+,34-,35+,36+,37-,38+,39-,40-,41-,42-,43-,46+,47-,48+,49-,50+/m0/s1. The van der Waals surface area contributed by atoms with E-state index in [1.807, 2.05) is 13.8 Å². The Kier molecular flexibility index (Phi) is 13.9. The van der Waals surface area contributed by atoms with Gasteiger partial charge in [-0.15, -0.1) is 0 Å². The average Bonchev–Trinajstić information content (AvgIpc) is 3.64. The van der Waals surface area contributed by atoms with Crippen LogP contribution >= 0.6 is 0 Å². The van der Waals surface area contributed by atoms with E-state index in [1.165, 1.54) is 13.8 Å². The van der Waals surface area contributed by atoms with Gasteiger partial charge in [-0.05, 0) is 117 Å². The van der Waals surface area contributed by atoms with Crippen LogP contribution in [0, 0.1) is 44.8 Å². The van der Waals surface area contributed by atoms with Crippen LogP contribution in [0.4, 0.5) is 0 Å². The largest absolute Gasteiger partial charge is 0.455 e. The molecule has 0 bridgehead atoms. The fraction of sp³-hybridized carbons (Fsp3) is 0.960. The van der Waals surface area contributed by atoms with Gasteiger partial charge in [-0.1, -0.05) is 27.7 Å². The van der Waals surface area contributed by atoms with E-state index in [2.05, 4.69) is 34.6 Å². The number of rotatable bonds is 11. The number of hydrogen-bond acceptors (Lipinski definition) is 20. The Balaban J connectivity index is 1.00. The van der Waals surface area contributed by atoms with Gasteiger partial charge in [-0.25, -0.2) is 0 Å². The summed E-state index contributed by atoms with van der Waals surface area (Å²) in [7, 11) is 0. The Morgan fingerprint density at radius 1 is 0.657 bits per heavy atom. The lowest BCUT2D eigenvalue weighted by Gasteiger charge is -2.65. The summed E-state index contributed by atoms with van der Waals surface area (Å²) >= 11 is 0. The quantitative estimate of drug-likeness (QED) is 0.0995. The molecule has 0 unspecified atom stereocenters. The van der Waals surface area contributed by atoms with E-state index >= 15 is 0 Å². The molecule has 2 spiro atoms. The summed E-state index contributed by atoms with van der Waals surface area (Å²) in [5.74, 6) is -1.83. The van der Waals surface area contributed by atoms with Gasteiger partial charge in [0.15, 0.2) is 31.1 Å². The molecule has 0 aromatic heterocycles. The Hall–Kier alpha value is -1.70. The third kappa shape index (κ3) is 8.15. The van der Waals surface area contributed by atoms with Gasteiger partial charge in [-0.3, -0.25) is 9.59 Å². The number of fused-ring (bicyclic) bond motifs is 2. The lowest BCUT2D eigenvalue weighted by Crippen LogP contribution is -2.65. The number of carbonyl (C=O) groups excluding carboxylic acids is 2. The summed E-state index contributed by atoms with van der Waals surface area (Å²) in [6.07, 6.45) is -14.0. The summed E-state index contributed by atoms with van der Waals surface area (Å²) in [5.41, 5.74) is -3.89. The molecule has 9 N–H and O–H groups in total. The van der Waals surface area contributed by atoms with E-state index in [0.717, 1.165) is 25.7 Å². The Bertz CT molecular complexity index is 1950. The first kappa shape index (κ1) is 53.1. The van der Waals surface area contributed by atoms with Gasteiger partial charge in [0, 0.05) is 19.8 Å². The van der Waals surface area contributed by atoms with Crippen LogP contribution in [0.5, 0.6) is 0 Å². The number of esters is 2. The lowest BCUT2D eigenvalue weighted by atomic mass is 9.41. The Morgan fingerprint density at radius 3 is 1.97 bits per heavy atom. The molecule has 4 saturated heterocycles. The average molecular weight is 1000 g/mol. The van der Waals surface area contributed by atoms with Crippen molar-refractivity contribution >= 4 is 11.9 Å². The molecule has 9 fully saturated rings. The van der Waals surface area contributed by atoms with Gasteiger partial charge in [0.25, 0.3) is 0 Å². The van der Waals surface area contributed by atoms with Gasteiger partial charge in [0.1, 0.15) is 48.8 Å². The second kappa shape index (κ2) is 18.3. The highest BCUT2D eigenvalue weighted by molar-refractivity contribution is 5.67. The molecular weight excluding hydrogens is 921 g/mol. The van der Waals surface area contributed by atoms with Crippen LogP contribution in [0.25, 0.3) is 0 Å². The molecule has 20 heteroatoms. The molecule has 0 aromatic rings. The minimum atomic E-state index is -1.60. The second-order valence-electron chi connectivity index (χ2n) is 24.5. The van der Waals surface area contributed by atoms with E-state index in [0.29, 0.717) is 32.1 Å². The number of carbonyl (C=O) groups is 2. The van der Waals surface area contributed by atoms with Crippen molar-refractivity contribution < 1.29 is 98.2 Å². The SMILES string of the molecule is CC(=O)O[C@@H]1[C@@H](OC(C)=O)[C@H](O[C@H]2CC[C@]34C[C@]35CC[C@]3(C)[C@@H]([C@@]6(C)CC[C@@H](C(C)(C)O[C@@H]7O[C@H](CO)[C@@H](O)[C@H](O)[C@H]7O)O6)[C@@H](O)C[C@@]3(C)[C@@H]5C[C@H](O[C@@H]3OC[C@@H](O)[C@H](O)[C@H]3O)[C@H]4C2(C)C)OC[C@H]1O. The number of ether oxygens (including phenoxy) is 9. The number of aliphatic hydroxyl groups excluding tert-OH is 9. The molecule has 9 aliphatic rings. The fourth-order valence-corrected chi connectivity index (χ4v) is 16.7. The summed E-state index contributed by atoms with van der Waals surface area (Å²) in [6, 6.07) is 0. The highest BCUT2D eigenvalue weighted by Gasteiger charge is 2.85. The summed E-state index contributed by atoms with van der Waals surface area (Å²) < 4.78 is 56.0. The zero-order chi connectivity index (χ0) is 51.1. The van der Waals surface area contributed by atoms with Crippen LogP contribution in [0.15, 0.2) is 0 Å². The van der Waals surface area contributed by atoms with Crippen molar-refractivity contribution in [2.24, 2.45) is 44.8 Å². The molecule has 5 saturated carbocycles. The molecule has 25 atom stereocenters. The first-order chi connectivity index (χ1) is 32.6. The van der Waals surface area contributed by atoms with E-state index in [1.54, 1.807) is 0 Å². The van der Waals surface area contributed by atoms with E-state index in [4.69, 9.17) is 42.6 Å². The maximum absolute atomic E-state index is 12.6. The maximum atomic E-state index is 12.6. The Labute approximate surface area is 409 Å². The van der Waals surface area contributed by atoms with E-state index in [-0.39, 0.29) is 41.8 Å². The first-order valence-corrected chi connectivity index (χ1v) is 25.6. The topological polar surface area (TPSA) is 299 Å². The molecule has 4 heterocycles. The molecule has 0 amide bonds. The molecular formula is C50H80O20. The third-order valence-corrected chi connectivity index (χ3v) is 20.0. The van der Waals surface area contributed by atoms with Crippen molar-refractivity contribution in [3.63, 3.8) is 0 Å². The normalized spacial score (nSPS) is 54.0. The van der Waals surface area contributed by atoms with Crippen LogP contribution in [-0.4, -0.2) is 193 Å². The lowest BCUT2D eigenvalue weighted by molar-refractivity contribution is -0.335. The predicted octanol–water partition coefficient (Wildman–Crippen LogP) is 0.329. The van der Waals surface area contributed by atoms with Gasteiger partial charge in [0.05, 0.1) is 55.4 Å². The van der Waals surface area contributed by atoms with Crippen LogP contribution in [0.3, 0.4) is 0 Å². The minimum absolute atomic E-state index is 0.0249. The maximum Gasteiger partial charge on any atom is 0.303 e. The zero-order valence-electron chi connectivity index (χ0n) is 42.0. The van der Waals surface area contributed by atoms with Gasteiger partial charge in [0.2, 0.25) is 0 Å². The molecule has 0 aromatic carbocycles. The van der Waals surface area contributed by atoms with E-state index in [9.17, 15) is 55.5 Å². The van der Waals surface area contributed by atoms with Crippen molar-refractivity contribution in [1.82, 2.24) is 0 Å². The van der Waals surface area contributed by atoms with Crippen LogP contribution in [0.2, 0.25) is 0 Å². The van der Waals surface area contributed by atoms with Gasteiger partial charge in [-0.2, -0.15) is 0 Å². The summed E-state index contributed by atoms with van der Waals surface area (Å²) in [4.78, 5) is 24.6. The van der Waals surface area contributed by atoms with Gasteiger partial charge < -0.3 is 88.6 Å². The van der Waals surface area contributed by atoms with Crippen molar-refractivity contribution in [3.05, 3.63) is 0 Å². The van der Waals surface area contributed by atoms with Crippen molar-refractivity contribution in [2.45, 2.75) is 236 Å². The van der Waals surface area contributed by atoms with Crippen molar-refractivity contribution in [2.75, 3.05) is 19.8 Å². The first-order valence-electron chi connectivity index (χ1n) is 25.6. The van der Waals surface area contributed by atoms with Crippen LogP contribution in [-0.2, 0) is 52.2 Å². The number of hydrogen-bond donors (Lipinski definition) is 9. The van der Waals surface area contributed by atoms with Crippen molar-refractivity contribution in [3.8, 4) is 0 Å². The van der Waals surface area contributed by atoms with Crippen LogP contribution < -0.4 is 0 Å². The monoisotopic (exact) mass is 1000 g/mol. The van der Waals surface area contributed by atoms with Crippen LogP contribution in [0.1, 0.15) is 120 Å². The van der Waals surface area contributed by atoms with E-state index < -0.39 is 150 Å². The molecule has 20 nitrogen and oxygen atoms in total. The molecule has 70 heavy (non-hydrogen) atoms.